The van der Waals surface area contributed by atoms with E-state index in [-0.39, 0.29) is 23.7 Å². The number of aliphatic carboxylic acids is 1. The van der Waals surface area contributed by atoms with E-state index in [1.807, 2.05) is 12.2 Å². The lowest BCUT2D eigenvalue weighted by Gasteiger charge is -2.24. The predicted octanol–water partition coefficient (Wildman–Crippen LogP) is 4.12. The van der Waals surface area contributed by atoms with Crippen molar-refractivity contribution < 1.29 is 19.5 Å². The highest BCUT2D eigenvalue weighted by atomic mass is 35.5. The second kappa shape index (κ2) is 7.41. The summed E-state index contributed by atoms with van der Waals surface area (Å²) in [5.41, 5.74) is 0.826. The van der Waals surface area contributed by atoms with E-state index >= 15 is 0 Å². The second-order valence-corrected chi connectivity index (χ2v) is 8.31. The Kier molecular flexibility index (Phi) is 4.95. The second-order valence-electron chi connectivity index (χ2n) is 6.95. The Hall–Kier alpha value is -2.64. The van der Waals surface area contributed by atoms with E-state index in [1.165, 1.54) is 11.3 Å². The maximum absolute atomic E-state index is 12.8. The molecule has 1 saturated carbocycles. The smallest absolute Gasteiger partial charge is 0.307 e. The van der Waals surface area contributed by atoms with Crippen LogP contribution in [0.5, 0.6) is 0 Å². The highest BCUT2D eigenvalue weighted by Crippen LogP contribution is 2.48. The SMILES string of the molecule is O=C(Nc1cc(NC(=O)[C@@H]2[C@H](C(=O)O)[C@H]3C=C[C@H]2C3)ccc1Cl)c1cccs1. The Labute approximate surface area is 170 Å². The summed E-state index contributed by atoms with van der Waals surface area (Å²) in [6.45, 7) is 0. The Morgan fingerprint density at radius 3 is 2.50 bits per heavy atom. The lowest BCUT2D eigenvalue weighted by Crippen LogP contribution is -2.36. The molecule has 28 heavy (non-hydrogen) atoms. The first-order valence-corrected chi connectivity index (χ1v) is 10.1. The molecule has 2 aliphatic carbocycles. The molecular weight excluding hydrogens is 400 g/mol. The highest BCUT2D eigenvalue weighted by molar-refractivity contribution is 7.12. The molecule has 2 aliphatic rings. The third-order valence-corrected chi connectivity index (χ3v) is 6.47. The van der Waals surface area contributed by atoms with Gasteiger partial charge in [-0.15, -0.1) is 11.3 Å². The van der Waals surface area contributed by atoms with Crippen molar-refractivity contribution in [2.45, 2.75) is 6.42 Å². The van der Waals surface area contributed by atoms with Crippen LogP contribution >= 0.6 is 22.9 Å². The molecule has 1 aromatic heterocycles. The molecule has 4 atom stereocenters. The summed E-state index contributed by atoms with van der Waals surface area (Å²) >= 11 is 7.48. The van der Waals surface area contributed by atoms with Gasteiger partial charge in [-0.3, -0.25) is 14.4 Å². The number of fused-ring (bicyclic) bond motifs is 2. The fourth-order valence-corrected chi connectivity index (χ4v) is 4.82. The van der Waals surface area contributed by atoms with Crippen molar-refractivity contribution in [3.8, 4) is 0 Å². The van der Waals surface area contributed by atoms with Gasteiger partial charge in [0.2, 0.25) is 5.91 Å². The number of nitrogens with one attached hydrogen (secondary N) is 2. The minimum Gasteiger partial charge on any atom is -0.481 e. The first-order chi connectivity index (χ1) is 13.4. The molecule has 1 fully saturated rings. The molecule has 6 nitrogen and oxygen atoms in total. The number of benzene rings is 1. The lowest BCUT2D eigenvalue weighted by molar-refractivity contribution is -0.146. The zero-order chi connectivity index (χ0) is 19.8. The average Bonchev–Trinajstić information content (AvgIpc) is 3.40. The molecule has 1 aromatic carbocycles. The molecule has 3 N–H and O–H groups in total. The molecular formula is C20H17ClN2O4S. The zero-order valence-electron chi connectivity index (χ0n) is 14.6. The average molecular weight is 417 g/mol. The summed E-state index contributed by atoms with van der Waals surface area (Å²) in [6.07, 6.45) is 4.52. The maximum Gasteiger partial charge on any atom is 0.307 e. The summed E-state index contributed by atoms with van der Waals surface area (Å²) < 4.78 is 0. The number of carbonyl (C=O) groups excluding carboxylic acids is 2. The van der Waals surface area contributed by atoms with Gasteiger partial charge in [0.15, 0.2) is 0 Å². The Morgan fingerprint density at radius 2 is 1.82 bits per heavy atom. The van der Waals surface area contributed by atoms with Crippen LogP contribution in [0, 0.1) is 23.7 Å². The largest absolute Gasteiger partial charge is 0.481 e. The molecule has 0 spiro atoms. The normalized spacial score (nSPS) is 24.9. The Balaban J connectivity index is 1.51. The van der Waals surface area contributed by atoms with Crippen LogP contribution < -0.4 is 10.6 Å². The van der Waals surface area contributed by atoms with E-state index < -0.39 is 17.8 Å². The summed E-state index contributed by atoms with van der Waals surface area (Å²) in [7, 11) is 0. The molecule has 144 valence electrons. The Bertz CT molecular complexity index is 973. The fourth-order valence-electron chi connectivity index (χ4n) is 4.03. The van der Waals surface area contributed by atoms with Crippen LogP contribution in [0.2, 0.25) is 5.02 Å². The number of thiophene rings is 1. The molecule has 0 unspecified atom stereocenters. The van der Waals surface area contributed by atoms with Crippen LogP contribution in [-0.2, 0) is 9.59 Å². The third-order valence-electron chi connectivity index (χ3n) is 5.27. The van der Waals surface area contributed by atoms with E-state index in [4.69, 9.17) is 11.6 Å². The summed E-state index contributed by atoms with van der Waals surface area (Å²) in [5, 5.41) is 17.2. The number of hydrogen-bond donors (Lipinski definition) is 3. The van der Waals surface area contributed by atoms with Crippen LogP contribution in [0.4, 0.5) is 11.4 Å². The van der Waals surface area contributed by atoms with Crippen molar-refractivity contribution in [3.05, 3.63) is 57.8 Å². The van der Waals surface area contributed by atoms with Crippen molar-refractivity contribution in [1.82, 2.24) is 0 Å². The summed E-state index contributed by atoms with van der Waals surface area (Å²) in [6, 6.07) is 8.26. The van der Waals surface area contributed by atoms with Crippen molar-refractivity contribution in [3.63, 3.8) is 0 Å². The van der Waals surface area contributed by atoms with E-state index in [0.29, 0.717) is 27.7 Å². The first kappa shape index (κ1) is 18.7. The van der Waals surface area contributed by atoms with E-state index in [1.54, 1.807) is 35.7 Å². The van der Waals surface area contributed by atoms with Gasteiger partial charge >= 0.3 is 5.97 Å². The zero-order valence-corrected chi connectivity index (χ0v) is 16.2. The van der Waals surface area contributed by atoms with Crippen LogP contribution in [0.15, 0.2) is 47.9 Å². The standard InChI is InChI=1S/C20H17ClN2O4S/c21-13-6-5-12(9-14(13)23-18(24)15-2-1-7-28-15)22-19(25)16-10-3-4-11(8-10)17(16)20(26)27/h1-7,9-11,16-17H,8H2,(H,22,25)(H,23,24)(H,26,27)/t10-,11-,16-,17+/m0/s1. The quantitative estimate of drug-likeness (QED) is 0.639. The predicted molar refractivity (Wildman–Crippen MR) is 108 cm³/mol. The van der Waals surface area contributed by atoms with Crippen LogP contribution in [0.1, 0.15) is 16.1 Å². The summed E-state index contributed by atoms with van der Waals surface area (Å²) in [4.78, 5) is 37.2. The molecule has 0 radical (unpaired) electrons. The van der Waals surface area contributed by atoms with Crippen molar-refractivity contribution in [1.29, 1.82) is 0 Å². The number of rotatable bonds is 5. The monoisotopic (exact) mass is 416 g/mol. The number of anilines is 2. The molecule has 0 saturated heterocycles. The number of carboxylic acid groups (broad SMARTS) is 1. The molecule has 2 bridgehead atoms. The number of amides is 2. The van der Waals surface area contributed by atoms with Crippen molar-refractivity contribution in [2.75, 3.05) is 10.6 Å². The molecule has 2 aromatic rings. The number of carbonyl (C=O) groups is 3. The summed E-state index contributed by atoms with van der Waals surface area (Å²) in [5.74, 6) is -3.03. The van der Waals surface area contributed by atoms with Crippen LogP contribution in [0.25, 0.3) is 0 Å². The van der Waals surface area contributed by atoms with Crippen molar-refractivity contribution in [2.24, 2.45) is 23.7 Å². The van der Waals surface area contributed by atoms with Gasteiger partial charge in [-0.2, -0.15) is 0 Å². The first-order valence-electron chi connectivity index (χ1n) is 8.80. The van der Waals surface area contributed by atoms with Crippen molar-refractivity contribution >= 4 is 52.1 Å². The van der Waals surface area contributed by atoms with E-state index in [9.17, 15) is 19.5 Å². The topological polar surface area (TPSA) is 95.5 Å². The third kappa shape index (κ3) is 3.43. The number of allylic oxidation sites excluding steroid dienone is 2. The number of halogens is 1. The van der Waals surface area contributed by atoms with Gasteiger partial charge in [0.25, 0.3) is 5.91 Å². The van der Waals surface area contributed by atoms with E-state index in [0.717, 1.165) is 0 Å². The van der Waals surface area contributed by atoms with Crippen LogP contribution in [0.3, 0.4) is 0 Å². The Morgan fingerprint density at radius 1 is 1.07 bits per heavy atom. The molecule has 2 amide bonds. The highest BCUT2D eigenvalue weighted by Gasteiger charge is 2.51. The van der Waals surface area contributed by atoms with E-state index in [2.05, 4.69) is 10.6 Å². The molecule has 4 rings (SSSR count). The van der Waals surface area contributed by atoms with Gasteiger partial charge < -0.3 is 15.7 Å². The van der Waals surface area contributed by atoms with Gasteiger partial charge in [-0.05, 0) is 47.9 Å². The minimum atomic E-state index is -0.947. The fraction of sp³-hybridized carbons (Fsp3) is 0.250. The van der Waals surface area contributed by atoms with Gasteiger partial charge in [0.05, 0.1) is 27.4 Å². The van der Waals surface area contributed by atoms with Crippen LogP contribution in [-0.4, -0.2) is 22.9 Å². The molecule has 8 heteroatoms. The number of carboxylic acids is 1. The minimum absolute atomic E-state index is 0.0589. The van der Waals surface area contributed by atoms with Gasteiger partial charge in [0.1, 0.15) is 0 Å². The number of hydrogen-bond acceptors (Lipinski definition) is 4. The van der Waals surface area contributed by atoms with Gasteiger partial charge in [-0.1, -0.05) is 29.8 Å². The van der Waals surface area contributed by atoms with Gasteiger partial charge in [-0.25, -0.2) is 0 Å². The van der Waals surface area contributed by atoms with Gasteiger partial charge in [0, 0.05) is 5.69 Å². The lowest BCUT2D eigenvalue weighted by atomic mass is 9.82. The molecule has 0 aliphatic heterocycles. The molecule has 1 heterocycles. The maximum atomic E-state index is 12.8.